The Bertz CT molecular complexity index is 927. The first-order valence-electron chi connectivity index (χ1n) is 7.58. The number of hydrogen-bond donors (Lipinski definition) is 2. The minimum absolute atomic E-state index is 0.0468. The Morgan fingerprint density at radius 3 is 2.67 bits per heavy atom. The molecule has 0 spiro atoms. The second-order valence-electron chi connectivity index (χ2n) is 5.20. The van der Waals surface area contributed by atoms with Crippen LogP contribution in [0.15, 0.2) is 42.5 Å². The van der Waals surface area contributed by atoms with E-state index in [1.807, 2.05) is 6.07 Å². The van der Waals surface area contributed by atoms with Gasteiger partial charge in [0.2, 0.25) is 0 Å². The Morgan fingerprint density at radius 2 is 1.96 bits per heavy atom. The van der Waals surface area contributed by atoms with E-state index in [1.54, 1.807) is 0 Å². The number of carbonyl (C=O) groups excluding carboxylic acids is 3. The van der Waals surface area contributed by atoms with Crippen LogP contribution in [0.5, 0.6) is 0 Å². The SMILES string of the molecule is N#Cc1ccc(Cl)cc1NC(=O)COC(=O)CNC(=O)c1cccc(F)c1. The van der Waals surface area contributed by atoms with Gasteiger partial charge in [-0.15, -0.1) is 0 Å². The molecule has 0 bridgehead atoms. The predicted molar refractivity (Wildman–Crippen MR) is 94.5 cm³/mol. The highest BCUT2D eigenvalue weighted by atomic mass is 35.5. The van der Waals surface area contributed by atoms with E-state index < -0.39 is 36.8 Å². The van der Waals surface area contributed by atoms with Crippen LogP contribution < -0.4 is 10.6 Å². The number of nitrogens with zero attached hydrogens (tertiary/aromatic N) is 1. The van der Waals surface area contributed by atoms with E-state index in [0.717, 1.165) is 6.07 Å². The van der Waals surface area contributed by atoms with E-state index in [9.17, 15) is 18.8 Å². The lowest BCUT2D eigenvalue weighted by Gasteiger charge is -2.09. The topological polar surface area (TPSA) is 108 Å². The first kappa shape index (κ1) is 19.9. The number of rotatable bonds is 6. The number of anilines is 1. The lowest BCUT2D eigenvalue weighted by atomic mass is 10.2. The molecular weight excluding hydrogens is 377 g/mol. The Labute approximate surface area is 158 Å². The van der Waals surface area contributed by atoms with Gasteiger partial charge in [-0.3, -0.25) is 14.4 Å². The van der Waals surface area contributed by atoms with Crippen LogP contribution in [0.1, 0.15) is 15.9 Å². The highest BCUT2D eigenvalue weighted by molar-refractivity contribution is 6.31. The first-order valence-corrected chi connectivity index (χ1v) is 7.95. The molecule has 0 aliphatic carbocycles. The lowest BCUT2D eigenvalue weighted by molar-refractivity contribution is -0.146. The van der Waals surface area contributed by atoms with Crippen molar-refractivity contribution in [3.63, 3.8) is 0 Å². The third-order valence-corrected chi connectivity index (χ3v) is 3.46. The van der Waals surface area contributed by atoms with Crippen LogP contribution in [0.3, 0.4) is 0 Å². The molecule has 0 aliphatic heterocycles. The second-order valence-corrected chi connectivity index (χ2v) is 5.64. The van der Waals surface area contributed by atoms with Crippen LogP contribution in [0, 0.1) is 17.1 Å². The summed E-state index contributed by atoms with van der Waals surface area (Å²) in [4.78, 5) is 35.2. The molecule has 27 heavy (non-hydrogen) atoms. The maximum atomic E-state index is 13.0. The van der Waals surface area contributed by atoms with Crippen LogP contribution in [0.4, 0.5) is 10.1 Å². The van der Waals surface area contributed by atoms with Gasteiger partial charge in [0.15, 0.2) is 6.61 Å². The molecule has 2 rings (SSSR count). The van der Waals surface area contributed by atoms with Crippen molar-refractivity contribution >= 4 is 35.1 Å². The second kappa shape index (κ2) is 9.31. The van der Waals surface area contributed by atoms with Gasteiger partial charge in [0.1, 0.15) is 18.4 Å². The molecule has 0 saturated heterocycles. The summed E-state index contributed by atoms with van der Waals surface area (Å²) >= 11 is 5.81. The molecule has 2 aromatic carbocycles. The maximum Gasteiger partial charge on any atom is 0.325 e. The van der Waals surface area contributed by atoms with Gasteiger partial charge >= 0.3 is 5.97 Å². The number of nitrogens with one attached hydrogen (secondary N) is 2. The van der Waals surface area contributed by atoms with Crippen molar-refractivity contribution in [1.82, 2.24) is 5.32 Å². The van der Waals surface area contributed by atoms with Gasteiger partial charge in [-0.1, -0.05) is 17.7 Å². The van der Waals surface area contributed by atoms with Gasteiger partial charge in [0, 0.05) is 10.6 Å². The van der Waals surface area contributed by atoms with Crippen molar-refractivity contribution in [2.24, 2.45) is 0 Å². The van der Waals surface area contributed by atoms with E-state index in [1.165, 1.54) is 36.4 Å². The van der Waals surface area contributed by atoms with Gasteiger partial charge in [-0.25, -0.2) is 4.39 Å². The number of halogens is 2. The van der Waals surface area contributed by atoms with Gasteiger partial charge in [-0.05, 0) is 36.4 Å². The molecule has 0 heterocycles. The number of benzene rings is 2. The monoisotopic (exact) mass is 389 g/mol. The molecule has 7 nitrogen and oxygen atoms in total. The number of nitriles is 1. The third kappa shape index (κ3) is 6.09. The quantitative estimate of drug-likeness (QED) is 0.737. The molecule has 0 aliphatic rings. The van der Waals surface area contributed by atoms with Crippen molar-refractivity contribution in [3.8, 4) is 6.07 Å². The zero-order valence-electron chi connectivity index (χ0n) is 13.8. The maximum absolute atomic E-state index is 13.0. The Morgan fingerprint density at radius 1 is 1.19 bits per heavy atom. The van der Waals surface area contributed by atoms with Crippen LogP contribution in [-0.4, -0.2) is 30.9 Å². The van der Waals surface area contributed by atoms with Crippen molar-refractivity contribution in [3.05, 3.63) is 64.4 Å². The summed E-state index contributed by atoms with van der Waals surface area (Å²) in [5.74, 6) is -2.78. The van der Waals surface area contributed by atoms with E-state index in [-0.39, 0.29) is 16.8 Å². The Hall–Kier alpha value is -3.44. The number of amides is 2. The molecular formula is C18H13ClFN3O4. The smallest absolute Gasteiger partial charge is 0.325 e. The summed E-state index contributed by atoms with van der Waals surface area (Å²) in [6.45, 7) is -1.12. The van der Waals surface area contributed by atoms with Crippen LogP contribution in [0.25, 0.3) is 0 Å². The van der Waals surface area contributed by atoms with Crippen molar-refractivity contribution in [1.29, 1.82) is 5.26 Å². The Kier molecular flexibility index (Phi) is 6.86. The average molecular weight is 390 g/mol. The molecule has 0 unspecified atom stereocenters. The Balaban J connectivity index is 1.80. The molecule has 0 fully saturated rings. The van der Waals surface area contributed by atoms with Crippen molar-refractivity contribution in [2.75, 3.05) is 18.5 Å². The standard InChI is InChI=1S/C18H13ClFN3O4/c19-13-5-4-12(8-21)15(7-13)23-16(24)10-27-17(25)9-22-18(26)11-2-1-3-14(20)6-11/h1-7H,9-10H2,(H,22,26)(H,23,24). The van der Waals surface area contributed by atoms with Crippen molar-refractivity contribution in [2.45, 2.75) is 0 Å². The molecule has 2 amide bonds. The number of carbonyl (C=O) groups is 3. The molecule has 0 radical (unpaired) electrons. The molecule has 0 aromatic heterocycles. The fourth-order valence-electron chi connectivity index (χ4n) is 1.98. The highest BCUT2D eigenvalue weighted by Gasteiger charge is 2.13. The van der Waals surface area contributed by atoms with E-state index >= 15 is 0 Å². The minimum atomic E-state index is -0.860. The molecule has 138 valence electrons. The fourth-order valence-corrected chi connectivity index (χ4v) is 2.16. The fraction of sp³-hybridized carbons (Fsp3) is 0.111. The summed E-state index contributed by atoms with van der Waals surface area (Å²) in [5, 5.41) is 14.0. The van der Waals surface area contributed by atoms with Crippen molar-refractivity contribution < 1.29 is 23.5 Å². The van der Waals surface area contributed by atoms with E-state index in [2.05, 4.69) is 10.6 Å². The predicted octanol–water partition coefficient (Wildman–Crippen LogP) is 2.26. The van der Waals surface area contributed by atoms with Gasteiger partial charge in [0.05, 0.1) is 11.3 Å². The summed E-state index contributed by atoms with van der Waals surface area (Å²) < 4.78 is 17.8. The molecule has 0 atom stereocenters. The minimum Gasteiger partial charge on any atom is -0.454 e. The van der Waals surface area contributed by atoms with Crippen LogP contribution in [-0.2, 0) is 14.3 Å². The summed E-state index contributed by atoms with van der Waals surface area (Å²) in [6.07, 6.45) is 0. The number of esters is 1. The third-order valence-electron chi connectivity index (χ3n) is 3.22. The lowest BCUT2D eigenvalue weighted by Crippen LogP contribution is -2.32. The summed E-state index contributed by atoms with van der Waals surface area (Å²) in [6, 6.07) is 11.2. The highest BCUT2D eigenvalue weighted by Crippen LogP contribution is 2.20. The van der Waals surface area contributed by atoms with Gasteiger partial charge in [0.25, 0.3) is 11.8 Å². The zero-order chi connectivity index (χ0) is 19.8. The zero-order valence-corrected chi connectivity index (χ0v) is 14.5. The van der Waals surface area contributed by atoms with Crippen LogP contribution in [0.2, 0.25) is 5.02 Å². The van der Waals surface area contributed by atoms with E-state index in [4.69, 9.17) is 21.6 Å². The largest absolute Gasteiger partial charge is 0.454 e. The van der Waals surface area contributed by atoms with Crippen LogP contribution >= 0.6 is 11.6 Å². The summed E-state index contributed by atoms with van der Waals surface area (Å²) in [7, 11) is 0. The van der Waals surface area contributed by atoms with E-state index in [0.29, 0.717) is 5.02 Å². The molecule has 2 aromatic rings. The molecule has 0 saturated carbocycles. The summed E-state index contributed by atoms with van der Waals surface area (Å²) in [5.41, 5.74) is 0.428. The molecule has 9 heteroatoms. The molecule has 2 N–H and O–H groups in total. The van der Waals surface area contributed by atoms with Gasteiger partial charge in [-0.2, -0.15) is 5.26 Å². The normalized spacial score (nSPS) is 9.81. The first-order chi connectivity index (χ1) is 12.9. The number of ether oxygens (including phenoxy) is 1. The average Bonchev–Trinajstić information content (AvgIpc) is 2.64. The number of hydrogen-bond acceptors (Lipinski definition) is 5. The van der Waals surface area contributed by atoms with Gasteiger partial charge < -0.3 is 15.4 Å².